The molecule has 1 saturated heterocycles. The molecule has 3 nitrogen and oxygen atoms in total. The smallest absolute Gasteiger partial charge is 0.222 e. The summed E-state index contributed by atoms with van der Waals surface area (Å²) < 4.78 is 5.48. The third-order valence-electron chi connectivity index (χ3n) is 3.89. The number of likely N-dealkylation sites (tertiary alicyclic amines) is 1. The first-order valence-corrected chi connectivity index (χ1v) is 7.02. The molecule has 1 amide bonds. The summed E-state index contributed by atoms with van der Waals surface area (Å²) in [7, 11) is 1.72. The molecule has 0 atom stereocenters. The molecular formula is C16H23NO2. The number of rotatable bonds is 4. The molecular weight excluding hydrogens is 238 g/mol. The van der Waals surface area contributed by atoms with Crippen molar-refractivity contribution in [2.24, 2.45) is 0 Å². The van der Waals surface area contributed by atoms with Crippen LogP contribution in [0.1, 0.15) is 50.2 Å². The molecule has 0 N–H and O–H groups in total. The summed E-state index contributed by atoms with van der Waals surface area (Å²) in [6, 6.07) is 6.47. The number of benzene rings is 1. The van der Waals surface area contributed by atoms with Crippen molar-refractivity contribution in [3.63, 3.8) is 0 Å². The molecule has 104 valence electrons. The maximum absolute atomic E-state index is 11.5. The predicted molar refractivity (Wildman–Crippen MR) is 76.7 cm³/mol. The van der Waals surface area contributed by atoms with E-state index in [0.29, 0.717) is 18.3 Å². The number of ether oxygens (including phenoxy) is 1. The van der Waals surface area contributed by atoms with Gasteiger partial charge in [0.15, 0.2) is 0 Å². The van der Waals surface area contributed by atoms with E-state index in [0.717, 1.165) is 18.8 Å². The van der Waals surface area contributed by atoms with E-state index in [9.17, 15) is 4.79 Å². The fourth-order valence-corrected chi connectivity index (χ4v) is 2.58. The van der Waals surface area contributed by atoms with Crippen molar-refractivity contribution in [2.45, 2.75) is 39.0 Å². The topological polar surface area (TPSA) is 29.5 Å². The maximum Gasteiger partial charge on any atom is 0.222 e. The molecule has 1 fully saturated rings. The summed E-state index contributed by atoms with van der Waals surface area (Å²) in [4.78, 5) is 13.5. The Balaban J connectivity index is 2.09. The standard InChI is InChI=1S/C16H23NO2/c1-5-16(18)17-9-13(10-17)12-6-7-14(11(2)3)15(8-12)19-4/h6-8,11,13H,5,9-10H2,1-4H3. The molecule has 1 aliphatic heterocycles. The zero-order valence-corrected chi connectivity index (χ0v) is 12.3. The van der Waals surface area contributed by atoms with Gasteiger partial charge in [0.25, 0.3) is 0 Å². The summed E-state index contributed by atoms with van der Waals surface area (Å²) in [6.07, 6.45) is 0.600. The average molecular weight is 261 g/mol. The van der Waals surface area contributed by atoms with E-state index in [4.69, 9.17) is 4.74 Å². The summed E-state index contributed by atoms with van der Waals surface area (Å²) >= 11 is 0. The Morgan fingerprint density at radius 1 is 1.42 bits per heavy atom. The van der Waals surface area contributed by atoms with E-state index in [-0.39, 0.29) is 5.91 Å². The van der Waals surface area contributed by atoms with Crippen molar-refractivity contribution in [3.05, 3.63) is 29.3 Å². The fraction of sp³-hybridized carbons (Fsp3) is 0.562. The van der Waals surface area contributed by atoms with Crippen LogP contribution in [0.5, 0.6) is 5.75 Å². The Morgan fingerprint density at radius 2 is 2.11 bits per heavy atom. The Bertz CT molecular complexity index is 462. The second-order valence-electron chi connectivity index (χ2n) is 5.51. The van der Waals surface area contributed by atoms with Crippen LogP contribution in [-0.2, 0) is 4.79 Å². The first kappa shape index (κ1) is 13.9. The first-order chi connectivity index (χ1) is 9.06. The van der Waals surface area contributed by atoms with Gasteiger partial charge in [0.1, 0.15) is 5.75 Å². The molecule has 2 rings (SSSR count). The van der Waals surface area contributed by atoms with Crippen LogP contribution < -0.4 is 4.74 Å². The van der Waals surface area contributed by atoms with Crippen LogP contribution in [0.3, 0.4) is 0 Å². The van der Waals surface area contributed by atoms with Crippen LogP contribution in [-0.4, -0.2) is 31.0 Å². The lowest BCUT2D eigenvalue weighted by atomic mass is 9.89. The largest absolute Gasteiger partial charge is 0.496 e. The Hall–Kier alpha value is -1.51. The molecule has 1 aliphatic rings. The minimum absolute atomic E-state index is 0.252. The van der Waals surface area contributed by atoms with Crippen LogP contribution in [0.25, 0.3) is 0 Å². The third kappa shape index (κ3) is 2.75. The molecule has 0 aliphatic carbocycles. The van der Waals surface area contributed by atoms with E-state index in [1.165, 1.54) is 11.1 Å². The van der Waals surface area contributed by atoms with Crippen molar-refractivity contribution < 1.29 is 9.53 Å². The minimum atomic E-state index is 0.252. The van der Waals surface area contributed by atoms with Gasteiger partial charge in [-0.1, -0.05) is 32.9 Å². The van der Waals surface area contributed by atoms with Gasteiger partial charge >= 0.3 is 0 Å². The zero-order chi connectivity index (χ0) is 14.0. The highest BCUT2D eigenvalue weighted by molar-refractivity contribution is 5.77. The predicted octanol–water partition coefficient (Wildman–Crippen LogP) is 3.15. The third-order valence-corrected chi connectivity index (χ3v) is 3.89. The first-order valence-electron chi connectivity index (χ1n) is 7.02. The van der Waals surface area contributed by atoms with Crippen LogP contribution in [0.4, 0.5) is 0 Å². The quantitative estimate of drug-likeness (QED) is 0.833. The molecule has 19 heavy (non-hydrogen) atoms. The average Bonchev–Trinajstić information content (AvgIpc) is 2.36. The summed E-state index contributed by atoms with van der Waals surface area (Å²) in [5.41, 5.74) is 2.52. The lowest BCUT2D eigenvalue weighted by molar-refractivity contribution is -0.135. The van der Waals surface area contributed by atoms with Gasteiger partial charge in [0.2, 0.25) is 5.91 Å². The molecule has 0 saturated carbocycles. The number of carbonyl (C=O) groups excluding carboxylic acids is 1. The van der Waals surface area contributed by atoms with Gasteiger partial charge < -0.3 is 9.64 Å². The van der Waals surface area contributed by atoms with E-state index in [2.05, 4.69) is 32.0 Å². The summed E-state index contributed by atoms with van der Waals surface area (Å²) in [5, 5.41) is 0. The molecule has 0 bridgehead atoms. The van der Waals surface area contributed by atoms with Crippen LogP contribution in [0.2, 0.25) is 0 Å². The van der Waals surface area contributed by atoms with Gasteiger partial charge in [-0.05, 0) is 23.1 Å². The molecule has 0 unspecified atom stereocenters. The maximum atomic E-state index is 11.5. The molecule has 0 spiro atoms. The monoisotopic (exact) mass is 261 g/mol. The molecule has 1 aromatic rings. The highest BCUT2D eigenvalue weighted by atomic mass is 16.5. The second-order valence-corrected chi connectivity index (χ2v) is 5.51. The van der Waals surface area contributed by atoms with Crippen LogP contribution >= 0.6 is 0 Å². The number of carbonyl (C=O) groups is 1. The van der Waals surface area contributed by atoms with Crippen LogP contribution in [0.15, 0.2) is 18.2 Å². The number of hydrogen-bond acceptors (Lipinski definition) is 2. The van der Waals surface area contributed by atoms with Crippen LogP contribution in [0, 0.1) is 0 Å². The van der Waals surface area contributed by atoms with Gasteiger partial charge in [0, 0.05) is 25.4 Å². The van der Waals surface area contributed by atoms with E-state index in [1.54, 1.807) is 7.11 Å². The Kier molecular flexibility index (Phi) is 4.13. The highest BCUT2D eigenvalue weighted by Crippen LogP contribution is 2.33. The molecule has 1 aromatic carbocycles. The minimum Gasteiger partial charge on any atom is -0.496 e. The normalized spacial score (nSPS) is 15.5. The van der Waals surface area contributed by atoms with E-state index >= 15 is 0 Å². The van der Waals surface area contributed by atoms with Crippen molar-refractivity contribution in [3.8, 4) is 5.75 Å². The lowest BCUT2D eigenvalue weighted by Gasteiger charge is -2.39. The second kappa shape index (κ2) is 5.64. The molecule has 0 aromatic heterocycles. The summed E-state index contributed by atoms with van der Waals surface area (Å²) in [5.74, 6) is 2.14. The summed E-state index contributed by atoms with van der Waals surface area (Å²) in [6.45, 7) is 7.94. The Morgan fingerprint density at radius 3 is 2.63 bits per heavy atom. The van der Waals surface area contributed by atoms with E-state index < -0.39 is 0 Å². The van der Waals surface area contributed by atoms with Crippen molar-refractivity contribution >= 4 is 5.91 Å². The highest BCUT2D eigenvalue weighted by Gasteiger charge is 2.31. The van der Waals surface area contributed by atoms with Gasteiger partial charge in [0.05, 0.1) is 7.11 Å². The van der Waals surface area contributed by atoms with Gasteiger partial charge in [-0.25, -0.2) is 0 Å². The lowest BCUT2D eigenvalue weighted by Crippen LogP contribution is -2.48. The fourth-order valence-electron chi connectivity index (χ4n) is 2.58. The SMILES string of the molecule is CCC(=O)N1CC(c2ccc(C(C)C)c(OC)c2)C1. The van der Waals surface area contributed by atoms with E-state index in [1.807, 2.05) is 11.8 Å². The van der Waals surface area contributed by atoms with Crippen molar-refractivity contribution in [2.75, 3.05) is 20.2 Å². The molecule has 3 heteroatoms. The molecule has 0 radical (unpaired) electrons. The molecule has 1 heterocycles. The number of hydrogen-bond donors (Lipinski definition) is 0. The van der Waals surface area contributed by atoms with Crippen molar-refractivity contribution in [1.29, 1.82) is 0 Å². The van der Waals surface area contributed by atoms with Gasteiger partial charge in [-0.2, -0.15) is 0 Å². The Labute approximate surface area is 115 Å². The van der Waals surface area contributed by atoms with Gasteiger partial charge in [-0.3, -0.25) is 4.79 Å². The van der Waals surface area contributed by atoms with Crippen molar-refractivity contribution in [1.82, 2.24) is 4.90 Å². The number of nitrogens with zero attached hydrogens (tertiary/aromatic N) is 1. The van der Waals surface area contributed by atoms with Gasteiger partial charge in [-0.15, -0.1) is 0 Å². The zero-order valence-electron chi connectivity index (χ0n) is 12.3. The number of amides is 1. The number of methoxy groups -OCH3 is 1.